The van der Waals surface area contributed by atoms with E-state index in [0.717, 1.165) is 35.4 Å². The van der Waals surface area contributed by atoms with Crippen molar-refractivity contribution in [1.82, 2.24) is 5.32 Å². The first-order valence-corrected chi connectivity index (χ1v) is 6.57. The SMILES string of the molecule is CNC(c1cc(F)ccc1F)c1cccc2c1OCC2. The van der Waals surface area contributed by atoms with E-state index in [4.69, 9.17) is 4.74 Å². The Morgan fingerprint density at radius 1 is 1.15 bits per heavy atom. The highest BCUT2D eigenvalue weighted by molar-refractivity contribution is 5.48. The second-order valence-electron chi connectivity index (χ2n) is 4.82. The Bertz CT molecular complexity index is 642. The highest BCUT2D eigenvalue weighted by atomic mass is 19.1. The number of ether oxygens (including phenoxy) is 1. The molecule has 1 unspecified atom stereocenters. The second kappa shape index (κ2) is 5.21. The van der Waals surface area contributed by atoms with E-state index < -0.39 is 17.7 Å². The van der Waals surface area contributed by atoms with Gasteiger partial charge in [0.2, 0.25) is 0 Å². The fourth-order valence-electron chi connectivity index (χ4n) is 2.68. The van der Waals surface area contributed by atoms with Crippen LogP contribution in [-0.4, -0.2) is 13.7 Å². The van der Waals surface area contributed by atoms with Gasteiger partial charge in [0.05, 0.1) is 12.6 Å². The van der Waals surface area contributed by atoms with Crippen molar-refractivity contribution in [2.24, 2.45) is 0 Å². The lowest BCUT2D eigenvalue weighted by Gasteiger charge is -2.20. The third-order valence-corrected chi connectivity index (χ3v) is 3.61. The van der Waals surface area contributed by atoms with Gasteiger partial charge in [0.1, 0.15) is 17.4 Å². The Labute approximate surface area is 116 Å². The van der Waals surface area contributed by atoms with Gasteiger partial charge in [-0.05, 0) is 30.8 Å². The predicted molar refractivity (Wildman–Crippen MR) is 72.9 cm³/mol. The summed E-state index contributed by atoms with van der Waals surface area (Å²) in [6.07, 6.45) is 0.852. The Kier molecular flexibility index (Phi) is 3.40. The van der Waals surface area contributed by atoms with E-state index in [2.05, 4.69) is 5.32 Å². The summed E-state index contributed by atoms with van der Waals surface area (Å²) in [5.41, 5.74) is 2.24. The zero-order valence-corrected chi connectivity index (χ0v) is 11.1. The molecule has 2 aromatic rings. The van der Waals surface area contributed by atoms with E-state index in [1.54, 1.807) is 7.05 Å². The predicted octanol–water partition coefficient (Wildman–Crippen LogP) is 3.21. The summed E-state index contributed by atoms with van der Waals surface area (Å²) >= 11 is 0. The van der Waals surface area contributed by atoms with Gasteiger partial charge in [-0.1, -0.05) is 18.2 Å². The van der Waals surface area contributed by atoms with Crippen molar-refractivity contribution in [2.45, 2.75) is 12.5 Å². The van der Waals surface area contributed by atoms with Crippen molar-refractivity contribution in [1.29, 1.82) is 0 Å². The number of fused-ring (bicyclic) bond motifs is 1. The first-order valence-electron chi connectivity index (χ1n) is 6.57. The first-order chi connectivity index (χ1) is 9.70. The molecule has 1 N–H and O–H groups in total. The molecular formula is C16H15F2NO. The van der Waals surface area contributed by atoms with Crippen LogP contribution < -0.4 is 10.1 Å². The van der Waals surface area contributed by atoms with Crippen LogP contribution in [0.15, 0.2) is 36.4 Å². The molecule has 0 spiro atoms. The van der Waals surface area contributed by atoms with Gasteiger partial charge < -0.3 is 10.1 Å². The van der Waals surface area contributed by atoms with E-state index in [0.29, 0.717) is 6.61 Å². The Hall–Kier alpha value is -1.94. The zero-order valence-electron chi connectivity index (χ0n) is 11.1. The molecule has 0 bridgehead atoms. The van der Waals surface area contributed by atoms with Gasteiger partial charge in [0.15, 0.2) is 0 Å². The van der Waals surface area contributed by atoms with Crippen molar-refractivity contribution < 1.29 is 13.5 Å². The lowest BCUT2D eigenvalue weighted by atomic mass is 9.95. The van der Waals surface area contributed by atoms with Crippen LogP contribution in [0.4, 0.5) is 8.78 Å². The molecule has 0 aromatic heterocycles. The maximum atomic E-state index is 14.0. The van der Waals surface area contributed by atoms with E-state index >= 15 is 0 Å². The maximum Gasteiger partial charge on any atom is 0.128 e. The minimum atomic E-state index is -0.449. The third-order valence-electron chi connectivity index (χ3n) is 3.61. The van der Waals surface area contributed by atoms with E-state index in [1.165, 1.54) is 6.07 Å². The number of nitrogens with one attached hydrogen (secondary N) is 1. The molecule has 3 rings (SSSR count). The summed E-state index contributed by atoms with van der Waals surface area (Å²) in [4.78, 5) is 0. The van der Waals surface area contributed by atoms with Crippen LogP contribution in [-0.2, 0) is 6.42 Å². The van der Waals surface area contributed by atoms with Crippen molar-refractivity contribution in [3.8, 4) is 5.75 Å². The van der Waals surface area contributed by atoms with Gasteiger partial charge in [-0.2, -0.15) is 0 Å². The van der Waals surface area contributed by atoms with Gasteiger partial charge >= 0.3 is 0 Å². The molecule has 2 aromatic carbocycles. The van der Waals surface area contributed by atoms with Crippen LogP contribution in [0.3, 0.4) is 0 Å². The molecule has 4 heteroatoms. The van der Waals surface area contributed by atoms with Crippen molar-refractivity contribution in [3.05, 3.63) is 64.7 Å². The molecule has 0 aliphatic carbocycles. The zero-order chi connectivity index (χ0) is 14.1. The summed E-state index contributed by atoms with van der Waals surface area (Å²) in [5.74, 6) is -0.0907. The van der Waals surface area contributed by atoms with E-state index in [9.17, 15) is 8.78 Å². The van der Waals surface area contributed by atoms with Crippen molar-refractivity contribution in [2.75, 3.05) is 13.7 Å². The normalized spacial score (nSPS) is 14.8. The van der Waals surface area contributed by atoms with E-state index in [1.807, 2.05) is 18.2 Å². The molecule has 104 valence electrons. The topological polar surface area (TPSA) is 21.3 Å². The molecule has 0 saturated carbocycles. The summed E-state index contributed by atoms with van der Waals surface area (Å²) < 4.78 is 33.1. The fraction of sp³-hybridized carbons (Fsp3) is 0.250. The third kappa shape index (κ3) is 2.16. The highest BCUT2D eigenvalue weighted by Gasteiger charge is 2.24. The molecule has 0 radical (unpaired) electrons. The lowest BCUT2D eigenvalue weighted by Crippen LogP contribution is -2.20. The first kappa shape index (κ1) is 13.1. The molecule has 0 amide bonds. The molecule has 0 saturated heterocycles. The van der Waals surface area contributed by atoms with Gasteiger partial charge in [0.25, 0.3) is 0 Å². The van der Waals surface area contributed by atoms with Crippen LogP contribution in [0.1, 0.15) is 22.7 Å². The second-order valence-corrected chi connectivity index (χ2v) is 4.82. The molecule has 1 atom stereocenters. The van der Waals surface area contributed by atoms with Crippen LogP contribution in [0.2, 0.25) is 0 Å². The van der Waals surface area contributed by atoms with Crippen molar-refractivity contribution in [3.63, 3.8) is 0 Å². The van der Waals surface area contributed by atoms with Gasteiger partial charge in [-0.25, -0.2) is 8.78 Å². The number of halogens is 2. The quantitative estimate of drug-likeness (QED) is 0.928. The average Bonchev–Trinajstić information content (AvgIpc) is 2.92. The molecule has 1 heterocycles. The molecular weight excluding hydrogens is 260 g/mol. The van der Waals surface area contributed by atoms with Gasteiger partial charge in [0, 0.05) is 17.5 Å². The molecule has 0 fully saturated rings. The summed E-state index contributed by atoms with van der Waals surface area (Å²) in [5, 5.41) is 3.05. The number of benzene rings is 2. The van der Waals surface area contributed by atoms with Crippen LogP contribution >= 0.6 is 0 Å². The molecule has 1 aliphatic heterocycles. The highest BCUT2D eigenvalue weighted by Crippen LogP contribution is 2.36. The molecule has 20 heavy (non-hydrogen) atoms. The Morgan fingerprint density at radius 3 is 2.80 bits per heavy atom. The van der Waals surface area contributed by atoms with E-state index in [-0.39, 0.29) is 5.56 Å². The maximum absolute atomic E-state index is 14.0. The van der Waals surface area contributed by atoms with Gasteiger partial charge in [-0.15, -0.1) is 0 Å². The Morgan fingerprint density at radius 2 is 2.00 bits per heavy atom. The van der Waals surface area contributed by atoms with Crippen LogP contribution in [0, 0.1) is 11.6 Å². The number of hydrogen-bond donors (Lipinski definition) is 1. The van der Waals surface area contributed by atoms with Crippen LogP contribution in [0.5, 0.6) is 5.75 Å². The largest absolute Gasteiger partial charge is 0.493 e. The van der Waals surface area contributed by atoms with Crippen LogP contribution in [0.25, 0.3) is 0 Å². The number of hydrogen-bond acceptors (Lipinski definition) is 2. The molecule has 2 nitrogen and oxygen atoms in total. The minimum Gasteiger partial charge on any atom is -0.493 e. The van der Waals surface area contributed by atoms with Gasteiger partial charge in [-0.3, -0.25) is 0 Å². The molecule has 1 aliphatic rings. The fourth-order valence-corrected chi connectivity index (χ4v) is 2.68. The standard InChI is InChI=1S/C16H15F2NO/c1-19-15(13-9-11(17)5-6-14(13)18)12-4-2-3-10-7-8-20-16(10)12/h2-6,9,15,19H,7-8H2,1H3. The summed E-state index contributed by atoms with van der Waals surface area (Å²) in [7, 11) is 1.73. The number of rotatable bonds is 3. The lowest BCUT2D eigenvalue weighted by molar-refractivity contribution is 0.350. The Balaban J connectivity index is 2.11. The summed E-state index contributed by atoms with van der Waals surface area (Å²) in [6.45, 7) is 0.633. The number of para-hydroxylation sites is 1. The van der Waals surface area contributed by atoms with Crippen molar-refractivity contribution >= 4 is 0 Å². The minimum absolute atomic E-state index is 0.288. The monoisotopic (exact) mass is 275 g/mol. The summed E-state index contributed by atoms with van der Waals surface area (Å²) in [6, 6.07) is 8.88. The average molecular weight is 275 g/mol. The smallest absolute Gasteiger partial charge is 0.128 e.